The lowest BCUT2D eigenvalue weighted by molar-refractivity contribution is 1.61. The smallest absolute Gasteiger partial charge is 0.0409 e. The lowest BCUT2D eigenvalue weighted by Crippen LogP contribution is -2.43. The third-order valence-corrected chi connectivity index (χ3v) is 30.9. The first-order chi connectivity index (χ1) is 7.79. The van der Waals surface area contributed by atoms with E-state index in [2.05, 4.69) is 58.9 Å². The van der Waals surface area contributed by atoms with E-state index in [1.807, 2.05) is 0 Å². The van der Waals surface area contributed by atoms with Crippen LogP contribution in [0.2, 0.25) is 75.9 Å². The average molecular weight is 346 g/mol. The van der Waals surface area contributed by atoms with Crippen LogP contribution in [-0.4, -0.2) is 50.1 Å². The van der Waals surface area contributed by atoms with Crippen molar-refractivity contribution < 1.29 is 0 Å². The Morgan fingerprint density at radius 1 is 0.611 bits per heavy atom. The molecule has 0 N–H and O–H groups in total. The lowest BCUT2D eigenvalue weighted by Gasteiger charge is -2.27. The van der Waals surface area contributed by atoms with Gasteiger partial charge >= 0.3 is 0 Å². The molecule has 105 valence electrons. The maximum atomic E-state index is 2.58. The molecule has 0 unspecified atom stereocenters. The van der Waals surface area contributed by atoms with Crippen LogP contribution in [0.3, 0.4) is 0 Å². The van der Waals surface area contributed by atoms with E-state index in [0.717, 1.165) is 0 Å². The molecule has 0 aromatic heterocycles. The standard InChI is InChI=1S/C12H33Si6/c1-16(2,3)10-13-15(12-18(7,8)9)14-11-17(4,5)6/h10-12H2,1-9H3. The summed E-state index contributed by atoms with van der Waals surface area (Å²) in [6, 6.07) is 0. The fraction of sp³-hybridized carbons (Fsp3) is 1.00. The van der Waals surface area contributed by atoms with Crippen molar-refractivity contribution in [3.8, 4) is 0 Å². The highest BCUT2D eigenvalue weighted by molar-refractivity contribution is 7.44. The van der Waals surface area contributed by atoms with Crippen LogP contribution < -0.4 is 0 Å². The molecule has 0 spiro atoms. The molecule has 0 rings (SSSR count). The average Bonchev–Trinajstić information content (AvgIpc) is 2.05. The molecule has 0 nitrogen and oxygen atoms in total. The fourth-order valence-electron chi connectivity index (χ4n) is 1.46. The summed E-state index contributed by atoms with van der Waals surface area (Å²) in [6.07, 6.45) is 0. The van der Waals surface area contributed by atoms with E-state index in [1.54, 1.807) is 17.0 Å². The van der Waals surface area contributed by atoms with E-state index in [4.69, 9.17) is 0 Å². The minimum atomic E-state index is -0.823. The zero-order valence-electron chi connectivity index (χ0n) is 14.1. The molecule has 0 aliphatic carbocycles. The molecular formula is C12H33Si6. The van der Waals surface area contributed by atoms with Crippen molar-refractivity contribution in [1.82, 2.24) is 0 Å². The van der Waals surface area contributed by atoms with Crippen molar-refractivity contribution in [2.45, 2.75) is 75.9 Å². The Balaban J connectivity index is 4.35. The zero-order chi connectivity index (χ0) is 14.6. The van der Waals surface area contributed by atoms with Crippen molar-refractivity contribution in [1.29, 1.82) is 0 Å². The van der Waals surface area contributed by atoms with Gasteiger partial charge in [0.05, 0.1) is 0 Å². The van der Waals surface area contributed by atoms with Crippen LogP contribution in [0.25, 0.3) is 0 Å². The van der Waals surface area contributed by atoms with Crippen molar-refractivity contribution in [2.75, 3.05) is 0 Å². The normalized spacial score (nSPS) is 14.3. The highest BCUT2D eigenvalue weighted by Gasteiger charge is 2.26. The fourth-order valence-corrected chi connectivity index (χ4v) is 44.2. The van der Waals surface area contributed by atoms with Crippen LogP contribution in [0, 0.1) is 0 Å². The minimum absolute atomic E-state index is 0.0188. The third-order valence-electron chi connectivity index (χ3n) is 2.37. The molecule has 0 heterocycles. The summed E-state index contributed by atoms with van der Waals surface area (Å²) in [5, 5.41) is 0. The Hall–Kier alpha value is 1.30. The third kappa shape index (κ3) is 13.7. The van der Waals surface area contributed by atoms with E-state index in [1.165, 1.54) is 18.1 Å². The lowest BCUT2D eigenvalue weighted by atomic mass is 11.7. The first-order valence-electron chi connectivity index (χ1n) is 7.12. The SMILES string of the molecule is C[Si](C)(C)C[Si][Si](C[Si](C)(C)C)[Si]C[Si](C)(C)C. The largest absolute Gasteiger partial charge is 0.0698 e. The molecule has 0 aromatic rings. The topological polar surface area (TPSA) is 0 Å². The Morgan fingerprint density at radius 2 is 0.944 bits per heavy atom. The number of hydrogen-bond donors (Lipinski definition) is 0. The van der Waals surface area contributed by atoms with Crippen molar-refractivity contribution in [2.24, 2.45) is 0 Å². The molecule has 5 radical (unpaired) electrons. The molecule has 0 fully saturated rings. The zero-order valence-corrected chi connectivity index (χ0v) is 20.1. The van der Waals surface area contributed by atoms with Crippen LogP contribution in [0.4, 0.5) is 0 Å². The van der Waals surface area contributed by atoms with Gasteiger partial charge in [0.25, 0.3) is 0 Å². The van der Waals surface area contributed by atoms with E-state index in [0.29, 0.717) is 0 Å². The van der Waals surface area contributed by atoms with E-state index in [9.17, 15) is 0 Å². The first kappa shape index (κ1) is 19.3. The van der Waals surface area contributed by atoms with Gasteiger partial charge in [-0.2, -0.15) is 0 Å². The van der Waals surface area contributed by atoms with Crippen molar-refractivity contribution in [3.63, 3.8) is 0 Å². The summed E-state index contributed by atoms with van der Waals surface area (Å²) < 4.78 is 0. The molecule has 6 heteroatoms. The van der Waals surface area contributed by atoms with Gasteiger partial charge in [-0.05, 0) is 0 Å². The number of hydrogen-bond acceptors (Lipinski definition) is 0. The van der Waals surface area contributed by atoms with E-state index >= 15 is 0 Å². The predicted molar refractivity (Wildman–Crippen MR) is 102 cm³/mol. The first-order valence-corrected chi connectivity index (χ1v) is 24.4. The summed E-state index contributed by atoms with van der Waals surface area (Å²) in [6.45, 7) is 23.0. The van der Waals surface area contributed by atoms with Gasteiger partial charge < -0.3 is 0 Å². The highest BCUT2D eigenvalue weighted by Crippen LogP contribution is 2.16. The van der Waals surface area contributed by atoms with Gasteiger partial charge in [-0.25, -0.2) is 0 Å². The molecule has 0 atom stereocenters. The van der Waals surface area contributed by atoms with Crippen LogP contribution >= 0.6 is 0 Å². The molecule has 0 aromatic carbocycles. The molecule has 0 saturated carbocycles. The van der Waals surface area contributed by atoms with Gasteiger partial charge in [0.15, 0.2) is 0 Å². The minimum Gasteiger partial charge on any atom is -0.0698 e. The predicted octanol–water partition coefficient (Wildman–Crippen LogP) is 4.35. The molecule has 18 heavy (non-hydrogen) atoms. The van der Waals surface area contributed by atoms with Gasteiger partial charge in [-0.15, -0.1) is 0 Å². The second-order valence-electron chi connectivity index (χ2n) is 9.04. The summed E-state index contributed by atoms with van der Waals surface area (Å²) in [5.41, 5.74) is 4.92. The molecule has 0 aliphatic heterocycles. The number of rotatable bonds is 8. The second kappa shape index (κ2) is 7.35. The van der Waals surface area contributed by atoms with Crippen molar-refractivity contribution >= 4 is 50.1 Å². The monoisotopic (exact) mass is 345 g/mol. The van der Waals surface area contributed by atoms with Crippen LogP contribution in [0.5, 0.6) is 0 Å². The molecular weight excluding hydrogens is 313 g/mol. The summed E-state index contributed by atoms with van der Waals surface area (Å²) in [5.74, 6) is 0. The molecule has 0 bridgehead atoms. The molecule has 0 amide bonds. The van der Waals surface area contributed by atoms with E-state index in [-0.39, 0.29) is 7.83 Å². The Kier molecular flexibility index (Phi) is 7.88. The van der Waals surface area contributed by atoms with Gasteiger partial charge in [0, 0.05) is 50.1 Å². The summed E-state index contributed by atoms with van der Waals surface area (Å²) in [4.78, 5) is 0. The van der Waals surface area contributed by atoms with E-state index < -0.39 is 24.2 Å². The Bertz CT molecular complexity index is 214. The molecule has 0 aliphatic rings. The summed E-state index contributed by atoms with van der Waals surface area (Å²) >= 11 is 0. The van der Waals surface area contributed by atoms with Gasteiger partial charge in [-0.1, -0.05) is 75.9 Å². The summed E-state index contributed by atoms with van der Waals surface area (Å²) in [7, 11) is 0.328. The quantitative estimate of drug-likeness (QED) is 0.574. The highest BCUT2D eigenvalue weighted by atomic mass is 29.6. The molecule has 0 saturated heterocycles. The van der Waals surface area contributed by atoms with Crippen molar-refractivity contribution in [3.05, 3.63) is 0 Å². The van der Waals surface area contributed by atoms with Gasteiger partial charge in [0.1, 0.15) is 0 Å². The second-order valence-corrected chi connectivity index (χ2v) is 37.6. The van der Waals surface area contributed by atoms with Gasteiger partial charge in [-0.3, -0.25) is 0 Å². The van der Waals surface area contributed by atoms with Crippen LogP contribution in [0.1, 0.15) is 0 Å². The Labute approximate surface area is 126 Å². The Morgan fingerprint density at radius 3 is 1.17 bits per heavy atom. The maximum absolute atomic E-state index is 2.58. The van der Waals surface area contributed by atoms with Crippen LogP contribution in [-0.2, 0) is 0 Å². The van der Waals surface area contributed by atoms with Gasteiger partial charge in [0.2, 0.25) is 0 Å². The van der Waals surface area contributed by atoms with Crippen LogP contribution in [0.15, 0.2) is 0 Å². The maximum Gasteiger partial charge on any atom is 0.0409 e.